The summed E-state index contributed by atoms with van der Waals surface area (Å²) in [6.07, 6.45) is 0. The van der Waals surface area contributed by atoms with Gasteiger partial charge in [-0.1, -0.05) is 127 Å². The van der Waals surface area contributed by atoms with E-state index in [1.807, 2.05) is 91.0 Å². The van der Waals surface area contributed by atoms with E-state index in [0.29, 0.717) is 34.5 Å². The van der Waals surface area contributed by atoms with E-state index in [0.717, 1.165) is 38.8 Å². The van der Waals surface area contributed by atoms with Crippen LogP contribution in [0.4, 0.5) is 0 Å². The van der Waals surface area contributed by atoms with Gasteiger partial charge in [0.25, 0.3) is 0 Å². The van der Waals surface area contributed by atoms with Crippen molar-refractivity contribution in [3.63, 3.8) is 0 Å². The van der Waals surface area contributed by atoms with Crippen LogP contribution >= 0.6 is 0 Å². The number of aromatic nitrogens is 4. The lowest BCUT2D eigenvalue weighted by Crippen LogP contribution is -2.00. The van der Waals surface area contributed by atoms with Crippen LogP contribution in [0.25, 0.3) is 89.4 Å². The highest BCUT2D eigenvalue weighted by Crippen LogP contribution is 2.40. The van der Waals surface area contributed by atoms with Crippen LogP contribution in [0.2, 0.25) is 0 Å². The topological polar surface area (TPSA) is 64.7 Å². The van der Waals surface area contributed by atoms with Crippen molar-refractivity contribution >= 4 is 32.6 Å². The third-order valence-corrected chi connectivity index (χ3v) is 8.53. The van der Waals surface area contributed by atoms with Crippen molar-refractivity contribution in [2.24, 2.45) is 0 Å². The molecule has 220 valence electrons. The molecule has 0 saturated heterocycles. The number of benzene rings is 7. The Kier molecular flexibility index (Phi) is 6.39. The Morgan fingerprint density at radius 2 is 0.894 bits per heavy atom. The van der Waals surface area contributed by atoms with E-state index in [1.165, 1.54) is 16.2 Å². The van der Waals surface area contributed by atoms with Crippen LogP contribution in [-0.2, 0) is 0 Å². The van der Waals surface area contributed by atoms with Crippen LogP contribution in [0.5, 0.6) is 0 Å². The van der Waals surface area contributed by atoms with Gasteiger partial charge in [-0.15, -0.1) is 0 Å². The summed E-state index contributed by atoms with van der Waals surface area (Å²) in [6.45, 7) is 0. The molecule has 0 aliphatic carbocycles. The van der Waals surface area contributed by atoms with Crippen molar-refractivity contribution in [1.29, 1.82) is 0 Å². The van der Waals surface area contributed by atoms with Gasteiger partial charge in [0.2, 0.25) is 5.89 Å². The maximum atomic E-state index is 6.53. The highest BCUT2D eigenvalue weighted by atomic mass is 16.3. The minimum Gasteiger partial charge on any atom is -0.436 e. The molecule has 9 rings (SSSR count). The minimum atomic E-state index is 0.530. The predicted molar refractivity (Wildman–Crippen MR) is 190 cm³/mol. The lowest BCUT2D eigenvalue weighted by atomic mass is 9.92. The number of hydrogen-bond donors (Lipinski definition) is 0. The Bertz CT molecular complexity index is 2500. The fourth-order valence-electron chi connectivity index (χ4n) is 6.28. The third kappa shape index (κ3) is 4.82. The Labute approximate surface area is 270 Å². The Morgan fingerprint density at radius 1 is 0.362 bits per heavy atom. The van der Waals surface area contributed by atoms with Gasteiger partial charge in [-0.3, -0.25) is 0 Å². The molecule has 5 heteroatoms. The largest absolute Gasteiger partial charge is 0.436 e. The number of fused-ring (bicyclic) bond motifs is 4. The monoisotopic (exact) mass is 602 g/mol. The Morgan fingerprint density at radius 3 is 1.55 bits per heavy atom. The first-order valence-corrected chi connectivity index (χ1v) is 15.6. The Hall–Kier alpha value is -6.46. The van der Waals surface area contributed by atoms with Gasteiger partial charge in [0.15, 0.2) is 23.1 Å². The molecule has 0 amide bonds. The van der Waals surface area contributed by atoms with Crippen LogP contribution in [-0.4, -0.2) is 19.9 Å². The van der Waals surface area contributed by atoms with Gasteiger partial charge in [0.1, 0.15) is 5.52 Å². The van der Waals surface area contributed by atoms with E-state index in [2.05, 4.69) is 66.7 Å². The molecule has 0 aliphatic heterocycles. The molecule has 0 fully saturated rings. The summed E-state index contributed by atoms with van der Waals surface area (Å²) in [6, 6.07) is 53.6. The van der Waals surface area contributed by atoms with Crippen molar-refractivity contribution in [2.75, 3.05) is 0 Å². The van der Waals surface area contributed by atoms with E-state index in [1.54, 1.807) is 0 Å². The quantitative estimate of drug-likeness (QED) is 0.183. The fraction of sp³-hybridized carbons (Fsp3) is 0. The van der Waals surface area contributed by atoms with Crippen LogP contribution in [0.3, 0.4) is 0 Å². The van der Waals surface area contributed by atoms with Crippen LogP contribution in [0.15, 0.2) is 162 Å². The molecule has 5 nitrogen and oxygen atoms in total. The SMILES string of the molecule is c1ccc(-c2nc(-c3ccccc3)nc(-c3cc(-c4cc5ccccc5c5ccccc45)cc4oc(-c5ccccc5)nc34)n2)cc1. The van der Waals surface area contributed by atoms with Crippen molar-refractivity contribution in [3.8, 4) is 56.7 Å². The van der Waals surface area contributed by atoms with Gasteiger partial charge < -0.3 is 4.42 Å². The number of hydrogen-bond acceptors (Lipinski definition) is 5. The molecule has 0 radical (unpaired) electrons. The van der Waals surface area contributed by atoms with E-state index >= 15 is 0 Å². The Balaban J connectivity index is 1.35. The summed E-state index contributed by atoms with van der Waals surface area (Å²) in [7, 11) is 0. The lowest BCUT2D eigenvalue weighted by Gasteiger charge is -2.13. The molecule has 0 N–H and O–H groups in total. The molecule has 0 aliphatic rings. The van der Waals surface area contributed by atoms with Gasteiger partial charge >= 0.3 is 0 Å². The molecule has 0 atom stereocenters. The zero-order valence-electron chi connectivity index (χ0n) is 25.2. The molecule has 2 heterocycles. The average Bonchev–Trinajstić information content (AvgIpc) is 3.59. The minimum absolute atomic E-state index is 0.530. The molecule has 2 aromatic heterocycles. The van der Waals surface area contributed by atoms with Crippen molar-refractivity contribution in [1.82, 2.24) is 19.9 Å². The van der Waals surface area contributed by atoms with Crippen molar-refractivity contribution < 1.29 is 4.42 Å². The van der Waals surface area contributed by atoms with E-state index in [-0.39, 0.29) is 0 Å². The van der Waals surface area contributed by atoms with Gasteiger partial charge in [0, 0.05) is 22.3 Å². The molecule has 0 saturated carbocycles. The summed E-state index contributed by atoms with van der Waals surface area (Å²) in [5.74, 6) is 2.26. The normalized spacial score (nSPS) is 11.4. The van der Waals surface area contributed by atoms with Gasteiger partial charge in [-0.05, 0) is 63.0 Å². The maximum Gasteiger partial charge on any atom is 0.227 e. The summed E-state index contributed by atoms with van der Waals surface area (Å²) < 4.78 is 6.53. The molecular formula is C42H26N4O. The standard InChI is InChI=1S/C42H26N4O/c1-4-14-27(15-5-1)39-44-40(28-16-6-2-7-17-28)46-41(45-39)36-25-31(26-37-38(36)43-42(47-37)29-18-8-3-9-19-29)35-24-30-20-10-11-21-32(30)33-22-12-13-23-34(33)35/h1-26H. The van der Waals surface area contributed by atoms with Crippen molar-refractivity contribution in [2.45, 2.75) is 0 Å². The summed E-state index contributed by atoms with van der Waals surface area (Å²) in [5.41, 5.74) is 6.94. The predicted octanol–water partition coefficient (Wildman–Crippen LogP) is 10.7. The van der Waals surface area contributed by atoms with Gasteiger partial charge in [-0.25, -0.2) is 19.9 Å². The zero-order chi connectivity index (χ0) is 31.2. The highest BCUT2D eigenvalue weighted by Gasteiger charge is 2.21. The van der Waals surface area contributed by atoms with Crippen LogP contribution in [0, 0.1) is 0 Å². The molecule has 47 heavy (non-hydrogen) atoms. The van der Waals surface area contributed by atoms with E-state index < -0.39 is 0 Å². The number of rotatable bonds is 5. The van der Waals surface area contributed by atoms with Crippen LogP contribution in [0.1, 0.15) is 0 Å². The summed E-state index contributed by atoms with van der Waals surface area (Å²) in [4.78, 5) is 20.1. The summed E-state index contributed by atoms with van der Waals surface area (Å²) >= 11 is 0. The van der Waals surface area contributed by atoms with Gasteiger partial charge in [-0.2, -0.15) is 0 Å². The van der Waals surface area contributed by atoms with E-state index in [4.69, 9.17) is 24.4 Å². The fourth-order valence-corrected chi connectivity index (χ4v) is 6.28. The lowest BCUT2D eigenvalue weighted by molar-refractivity contribution is 0.620. The maximum absolute atomic E-state index is 6.53. The second-order valence-electron chi connectivity index (χ2n) is 11.5. The smallest absolute Gasteiger partial charge is 0.227 e. The second-order valence-corrected chi connectivity index (χ2v) is 11.5. The van der Waals surface area contributed by atoms with Crippen molar-refractivity contribution in [3.05, 3.63) is 158 Å². The van der Waals surface area contributed by atoms with Gasteiger partial charge in [0.05, 0.1) is 0 Å². The molecule has 7 aromatic carbocycles. The molecule has 0 bridgehead atoms. The first-order chi connectivity index (χ1) is 23.3. The second kappa shape index (κ2) is 11.2. The number of oxazole rings is 1. The molecule has 9 aromatic rings. The molecular weight excluding hydrogens is 576 g/mol. The average molecular weight is 603 g/mol. The number of nitrogens with zero attached hydrogens (tertiary/aromatic N) is 4. The first-order valence-electron chi connectivity index (χ1n) is 15.6. The highest BCUT2D eigenvalue weighted by molar-refractivity contribution is 6.14. The zero-order valence-corrected chi connectivity index (χ0v) is 25.2. The van der Waals surface area contributed by atoms with E-state index in [9.17, 15) is 0 Å². The third-order valence-electron chi connectivity index (χ3n) is 8.53. The molecule has 0 unspecified atom stereocenters. The summed E-state index contributed by atoms with van der Waals surface area (Å²) in [5, 5.41) is 4.74. The molecule has 0 spiro atoms. The first kappa shape index (κ1) is 26.9. The van der Waals surface area contributed by atoms with Crippen LogP contribution < -0.4 is 0 Å².